The van der Waals surface area contributed by atoms with E-state index in [0.717, 1.165) is 11.8 Å². The van der Waals surface area contributed by atoms with Crippen molar-refractivity contribution in [1.29, 1.82) is 0 Å². The van der Waals surface area contributed by atoms with Crippen LogP contribution in [0.15, 0.2) is 18.2 Å². The quantitative estimate of drug-likeness (QED) is 0.671. The van der Waals surface area contributed by atoms with E-state index in [4.69, 9.17) is 4.74 Å². The summed E-state index contributed by atoms with van der Waals surface area (Å²) in [7, 11) is 1.73. The molecule has 0 aliphatic carbocycles. The van der Waals surface area contributed by atoms with E-state index >= 15 is 0 Å². The predicted octanol–water partition coefficient (Wildman–Crippen LogP) is 2.22. The van der Waals surface area contributed by atoms with Crippen LogP contribution in [-0.2, 0) is 6.42 Å². The zero-order valence-electron chi connectivity index (χ0n) is 8.49. The second kappa shape index (κ2) is 2.91. The normalized spacial score (nSPS) is 23.5. The molecule has 1 aromatic carbocycles. The lowest BCUT2D eigenvalue weighted by Gasteiger charge is -2.18. The van der Waals surface area contributed by atoms with Crippen molar-refractivity contribution in [3.05, 3.63) is 23.8 Å². The maximum absolute atomic E-state index is 5.24. The van der Waals surface area contributed by atoms with Gasteiger partial charge in [0.1, 0.15) is 5.75 Å². The number of ether oxygens (including phenoxy) is 1. The van der Waals surface area contributed by atoms with Gasteiger partial charge in [0.2, 0.25) is 0 Å². The third-order valence-corrected chi connectivity index (χ3v) is 3.43. The Balaban J connectivity index is 2.01. The fourth-order valence-electron chi connectivity index (χ4n) is 2.75. The molecule has 1 fully saturated rings. The average molecular weight is 189 g/mol. The molecule has 1 saturated heterocycles. The zero-order valence-corrected chi connectivity index (χ0v) is 8.49. The summed E-state index contributed by atoms with van der Waals surface area (Å²) in [6, 6.07) is 7.24. The third kappa shape index (κ3) is 1.03. The molecular weight excluding hydrogens is 174 g/mol. The Bertz CT molecular complexity index is 361. The molecule has 1 aromatic rings. The van der Waals surface area contributed by atoms with Crippen LogP contribution in [0.2, 0.25) is 0 Å². The Labute approximate surface area is 84.5 Å². The summed E-state index contributed by atoms with van der Waals surface area (Å²) < 4.78 is 5.24. The molecule has 2 aliphatic heterocycles. The third-order valence-electron chi connectivity index (χ3n) is 3.43. The number of methoxy groups -OCH3 is 1. The van der Waals surface area contributed by atoms with Crippen molar-refractivity contribution >= 4 is 5.69 Å². The Morgan fingerprint density at radius 2 is 2.36 bits per heavy atom. The predicted molar refractivity (Wildman–Crippen MR) is 57.1 cm³/mol. The van der Waals surface area contributed by atoms with Crippen molar-refractivity contribution in [3.8, 4) is 5.75 Å². The lowest BCUT2D eigenvalue weighted by atomic mass is 10.1. The fraction of sp³-hybridized carbons (Fsp3) is 0.500. The van der Waals surface area contributed by atoms with Crippen molar-refractivity contribution in [3.63, 3.8) is 0 Å². The number of nitrogens with zero attached hydrogens (tertiary/aromatic N) is 1. The Kier molecular flexibility index (Phi) is 1.69. The average Bonchev–Trinajstić information content (AvgIpc) is 2.75. The van der Waals surface area contributed by atoms with Crippen molar-refractivity contribution in [2.75, 3.05) is 18.6 Å². The highest BCUT2D eigenvalue weighted by Gasteiger charge is 2.32. The highest BCUT2D eigenvalue weighted by Crippen LogP contribution is 2.39. The number of fused-ring (bicyclic) bond motifs is 3. The first kappa shape index (κ1) is 8.16. The molecule has 0 saturated carbocycles. The molecule has 0 N–H and O–H groups in total. The Hall–Kier alpha value is -1.18. The molecule has 3 rings (SSSR count). The lowest BCUT2D eigenvalue weighted by Crippen LogP contribution is -2.24. The van der Waals surface area contributed by atoms with Crippen LogP contribution in [-0.4, -0.2) is 19.7 Å². The van der Waals surface area contributed by atoms with Gasteiger partial charge in [-0.2, -0.15) is 0 Å². The van der Waals surface area contributed by atoms with Gasteiger partial charge in [-0.05, 0) is 43.0 Å². The van der Waals surface area contributed by atoms with Gasteiger partial charge in [0.25, 0.3) is 0 Å². The van der Waals surface area contributed by atoms with Crippen LogP contribution in [0.4, 0.5) is 5.69 Å². The monoisotopic (exact) mass is 189 g/mol. The van der Waals surface area contributed by atoms with E-state index in [2.05, 4.69) is 23.1 Å². The largest absolute Gasteiger partial charge is 0.497 e. The minimum absolute atomic E-state index is 0.775. The molecule has 2 heteroatoms. The summed E-state index contributed by atoms with van der Waals surface area (Å²) in [5.74, 6) is 0.991. The van der Waals surface area contributed by atoms with E-state index in [-0.39, 0.29) is 0 Å². The first-order chi connectivity index (χ1) is 6.88. The van der Waals surface area contributed by atoms with E-state index in [1.807, 2.05) is 0 Å². The highest BCUT2D eigenvalue weighted by molar-refractivity contribution is 5.62. The molecule has 2 nitrogen and oxygen atoms in total. The minimum atomic E-state index is 0.775. The molecule has 14 heavy (non-hydrogen) atoms. The number of rotatable bonds is 1. The maximum atomic E-state index is 5.24. The van der Waals surface area contributed by atoms with E-state index in [1.165, 1.54) is 37.1 Å². The van der Waals surface area contributed by atoms with Crippen LogP contribution >= 0.6 is 0 Å². The SMILES string of the molecule is COc1ccc2c(c1)CC1CCCN21. The second-order valence-corrected chi connectivity index (χ2v) is 4.19. The molecule has 2 aliphatic rings. The molecule has 0 bridgehead atoms. The Morgan fingerprint density at radius 3 is 3.21 bits per heavy atom. The van der Waals surface area contributed by atoms with Crippen LogP contribution in [0.25, 0.3) is 0 Å². The number of hydrogen-bond acceptors (Lipinski definition) is 2. The number of benzene rings is 1. The molecule has 74 valence electrons. The second-order valence-electron chi connectivity index (χ2n) is 4.19. The van der Waals surface area contributed by atoms with Gasteiger partial charge in [0, 0.05) is 18.3 Å². The molecule has 1 unspecified atom stereocenters. The molecule has 1 atom stereocenters. The van der Waals surface area contributed by atoms with Crippen LogP contribution < -0.4 is 9.64 Å². The summed E-state index contributed by atoms with van der Waals surface area (Å²) in [6.45, 7) is 1.24. The van der Waals surface area contributed by atoms with E-state index in [1.54, 1.807) is 7.11 Å². The van der Waals surface area contributed by atoms with Gasteiger partial charge >= 0.3 is 0 Å². The summed E-state index contributed by atoms with van der Waals surface area (Å²) in [5.41, 5.74) is 2.90. The zero-order chi connectivity index (χ0) is 9.54. The fourth-order valence-corrected chi connectivity index (χ4v) is 2.75. The van der Waals surface area contributed by atoms with Gasteiger partial charge in [0.15, 0.2) is 0 Å². The summed E-state index contributed by atoms with van der Waals surface area (Å²) in [6.07, 6.45) is 3.93. The van der Waals surface area contributed by atoms with Crippen LogP contribution in [0, 0.1) is 0 Å². The van der Waals surface area contributed by atoms with Gasteiger partial charge in [-0.3, -0.25) is 0 Å². The van der Waals surface area contributed by atoms with E-state index in [9.17, 15) is 0 Å². The van der Waals surface area contributed by atoms with Crippen molar-refractivity contribution in [1.82, 2.24) is 0 Å². The summed E-state index contributed by atoms with van der Waals surface area (Å²) >= 11 is 0. The number of anilines is 1. The van der Waals surface area contributed by atoms with Gasteiger partial charge < -0.3 is 9.64 Å². The minimum Gasteiger partial charge on any atom is -0.497 e. The smallest absolute Gasteiger partial charge is 0.119 e. The molecule has 2 heterocycles. The van der Waals surface area contributed by atoms with E-state index < -0.39 is 0 Å². The van der Waals surface area contributed by atoms with Crippen molar-refractivity contribution in [2.24, 2.45) is 0 Å². The van der Waals surface area contributed by atoms with Crippen LogP contribution in [0.1, 0.15) is 18.4 Å². The maximum Gasteiger partial charge on any atom is 0.119 e. The topological polar surface area (TPSA) is 12.5 Å². The van der Waals surface area contributed by atoms with Gasteiger partial charge in [0.05, 0.1) is 7.11 Å². The van der Waals surface area contributed by atoms with Crippen LogP contribution in [0.3, 0.4) is 0 Å². The number of hydrogen-bond donors (Lipinski definition) is 0. The van der Waals surface area contributed by atoms with Crippen molar-refractivity contribution < 1.29 is 4.74 Å². The molecule has 0 aromatic heterocycles. The van der Waals surface area contributed by atoms with E-state index in [0.29, 0.717) is 0 Å². The molecular formula is C12H15NO. The molecule has 0 spiro atoms. The van der Waals surface area contributed by atoms with Crippen LogP contribution in [0.5, 0.6) is 5.75 Å². The summed E-state index contributed by atoms with van der Waals surface area (Å²) in [5, 5.41) is 0. The molecule has 0 amide bonds. The standard InChI is InChI=1S/C12H15NO/c1-14-11-4-5-12-9(8-11)7-10-3-2-6-13(10)12/h4-5,8,10H,2-3,6-7H2,1H3. The molecule has 0 radical (unpaired) electrons. The van der Waals surface area contributed by atoms with Gasteiger partial charge in [-0.1, -0.05) is 0 Å². The summed E-state index contributed by atoms with van der Waals surface area (Å²) in [4.78, 5) is 2.55. The van der Waals surface area contributed by atoms with Crippen molar-refractivity contribution in [2.45, 2.75) is 25.3 Å². The lowest BCUT2D eigenvalue weighted by molar-refractivity contribution is 0.414. The van der Waals surface area contributed by atoms with Gasteiger partial charge in [-0.15, -0.1) is 0 Å². The first-order valence-corrected chi connectivity index (χ1v) is 5.32. The first-order valence-electron chi connectivity index (χ1n) is 5.32. The highest BCUT2D eigenvalue weighted by atomic mass is 16.5. The van der Waals surface area contributed by atoms with Gasteiger partial charge in [-0.25, -0.2) is 0 Å². The Morgan fingerprint density at radius 1 is 1.43 bits per heavy atom.